The Morgan fingerprint density at radius 1 is 1.50 bits per heavy atom. The molecule has 0 aliphatic heterocycles. The zero-order chi connectivity index (χ0) is 9.80. The Morgan fingerprint density at radius 2 is 2.29 bits per heavy atom. The Bertz CT molecular complexity index is 297. The first-order valence-corrected chi connectivity index (χ1v) is 5.17. The van der Waals surface area contributed by atoms with E-state index in [4.69, 9.17) is 10.2 Å². The third kappa shape index (κ3) is 2.16. The third-order valence-corrected chi connectivity index (χ3v) is 2.80. The number of aliphatic imine (C=N–C) groups is 1. The molecule has 0 radical (unpaired) electrons. The van der Waals surface area contributed by atoms with Crippen molar-refractivity contribution in [2.75, 3.05) is 0 Å². The van der Waals surface area contributed by atoms with Crippen LogP contribution in [0.5, 0.6) is 0 Å². The first kappa shape index (κ1) is 9.31. The predicted molar refractivity (Wildman–Crippen MR) is 56.0 cm³/mol. The summed E-state index contributed by atoms with van der Waals surface area (Å²) in [5.74, 6) is 1.35. The monoisotopic (exact) mass is 192 g/mol. The van der Waals surface area contributed by atoms with Crippen LogP contribution in [0.4, 0.5) is 0 Å². The number of amidine groups is 1. The Balaban J connectivity index is 1.90. The normalized spacial score (nSPS) is 19.0. The van der Waals surface area contributed by atoms with E-state index >= 15 is 0 Å². The molecule has 0 amide bonds. The molecular weight excluding hydrogens is 176 g/mol. The van der Waals surface area contributed by atoms with Crippen molar-refractivity contribution >= 4 is 5.84 Å². The van der Waals surface area contributed by atoms with Crippen molar-refractivity contribution in [3.63, 3.8) is 0 Å². The van der Waals surface area contributed by atoms with Gasteiger partial charge in [0.1, 0.15) is 0 Å². The molecule has 76 valence electrons. The van der Waals surface area contributed by atoms with Gasteiger partial charge in [-0.1, -0.05) is 12.8 Å². The van der Waals surface area contributed by atoms with Gasteiger partial charge in [0.25, 0.3) is 0 Å². The lowest BCUT2D eigenvalue weighted by Gasteiger charge is -2.07. The van der Waals surface area contributed by atoms with Crippen LogP contribution in [0.3, 0.4) is 0 Å². The van der Waals surface area contributed by atoms with E-state index in [1.807, 2.05) is 6.07 Å². The molecule has 14 heavy (non-hydrogen) atoms. The van der Waals surface area contributed by atoms with E-state index in [2.05, 4.69) is 4.99 Å². The second-order valence-electron chi connectivity index (χ2n) is 3.85. The molecule has 0 unspecified atom stereocenters. The maximum absolute atomic E-state index is 5.91. The van der Waals surface area contributed by atoms with Crippen LogP contribution >= 0.6 is 0 Å². The Hall–Kier alpha value is -1.25. The second kappa shape index (κ2) is 4.31. The quantitative estimate of drug-likeness (QED) is 0.590. The number of nitrogens with two attached hydrogens (primary N) is 1. The molecule has 1 aliphatic carbocycles. The Morgan fingerprint density at radius 3 is 2.93 bits per heavy atom. The summed E-state index contributed by atoms with van der Waals surface area (Å²) in [5.41, 5.74) is 7.00. The summed E-state index contributed by atoms with van der Waals surface area (Å²) < 4.78 is 4.96. The van der Waals surface area contributed by atoms with Crippen molar-refractivity contribution in [1.29, 1.82) is 0 Å². The highest BCUT2D eigenvalue weighted by Gasteiger charge is 2.18. The van der Waals surface area contributed by atoms with Crippen LogP contribution in [-0.2, 0) is 6.54 Å². The van der Waals surface area contributed by atoms with Crippen molar-refractivity contribution in [2.45, 2.75) is 32.2 Å². The van der Waals surface area contributed by atoms with Gasteiger partial charge in [-0.05, 0) is 18.9 Å². The van der Waals surface area contributed by atoms with E-state index in [0.29, 0.717) is 12.5 Å². The van der Waals surface area contributed by atoms with Gasteiger partial charge >= 0.3 is 0 Å². The maximum atomic E-state index is 5.91. The number of hydrogen-bond donors (Lipinski definition) is 1. The number of nitrogens with zero attached hydrogens (tertiary/aromatic N) is 1. The molecule has 3 heteroatoms. The molecule has 1 aromatic rings. The highest BCUT2D eigenvalue weighted by Crippen LogP contribution is 2.24. The lowest BCUT2D eigenvalue weighted by atomic mass is 10.1. The molecule has 0 saturated heterocycles. The minimum Gasteiger partial charge on any atom is -0.472 e. The molecule has 0 spiro atoms. The van der Waals surface area contributed by atoms with Crippen LogP contribution in [0, 0.1) is 5.92 Å². The van der Waals surface area contributed by atoms with Gasteiger partial charge < -0.3 is 10.2 Å². The Labute approximate surface area is 84.0 Å². The van der Waals surface area contributed by atoms with Gasteiger partial charge in [-0.2, -0.15) is 0 Å². The van der Waals surface area contributed by atoms with E-state index in [-0.39, 0.29) is 0 Å². The molecule has 0 aromatic carbocycles. The maximum Gasteiger partial charge on any atom is 0.0972 e. The minimum absolute atomic E-state index is 0.530. The van der Waals surface area contributed by atoms with Gasteiger partial charge in [0.2, 0.25) is 0 Å². The predicted octanol–water partition coefficient (Wildman–Crippen LogP) is 2.33. The lowest BCUT2D eigenvalue weighted by molar-refractivity contribution is 0.564. The van der Waals surface area contributed by atoms with Crippen LogP contribution in [-0.4, -0.2) is 5.84 Å². The average Bonchev–Trinajstić information content (AvgIpc) is 2.87. The fourth-order valence-corrected chi connectivity index (χ4v) is 1.92. The molecule has 1 aromatic heterocycles. The fraction of sp³-hybridized carbons (Fsp3) is 0.545. The average molecular weight is 192 g/mol. The molecule has 1 aliphatic rings. The molecule has 1 saturated carbocycles. The number of furan rings is 1. The minimum atomic E-state index is 0.530. The van der Waals surface area contributed by atoms with Gasteiger partial charge in [0, 0.05) is 11.5 Å². The third-order valence-electron chi connectivity index (χ3n) is 2.80. The zero-order valence-electron chi connectivity index (χ0n) is 8.28. The summed E-state index contributed by atoms with van der Waals surface area (Å²) in [5, 5.41) is 0. The standard InChI is InChI=1S/C11H16N2O/c12-11(10-3-1-2-4-10)13-7-9-5-6-14-8-9/h5-6,8,10H,1-4,7H2,(H2,12,13). The molecular formula is C11H16N2O. The van der Waals surface area contributed by atoms with Gasteiger partial charge in [-0.25, -0.2) is 0 Å². The topological polar surface area (TPSA) is 51.5 Å². The van der Waals surface area contributed by atoms with Gasteiger partial charge in [0.15, 0.2) is 0 Å². The molecule has 3 nitrogen and oxygen atoms in total. The Kier molecular flexibility index (Phi) is 2.87. The van der Waals surface area contributed by atoms with Gasteiger partial charge in [-0.3, -0.25) is 4.99 Å². The first-order valence-electron chi connectivity index (χ1n) is 5.17. The van der Waals surface area contributed by atoms with Crippen molar-refractivity contribution in [3.8, 4) is 0 Å². The molecule has 1 heterocycles. The molecule has 0 atom stereocenters. The number of hydrogen-bond acceptors (Lipinski definition) is 2. The van der Waals surface area contributed by atoms with E-state index in [1.54, 1.807) is 12.5 Å². The van der Waals surface area contributed by atoms with Crippen molar-refractivity contribution in [3.05, 3.63) is 24.2 Å². The summed E-state index contributed by atoms with van der Waals surface area (Å²) in [7, 11) is 0. The smallest absolute Gasteiger partial charge is 0.0972 e. The highest BCUT2D eigenvalue weighted by molar-refractivity contribution is 5.83. The molecule has 2 N–H and O–H groups in total. The van der Waals surface area contributed by atoms with Crippen LogP contribution in [0.1, 0.15) is 31.2 Å². The SMILES string of the molecule is NC(=NCc1ccoc1)C1CCCC1. The first-order chi connectivity index (χ1) is 6.86. The van der Waals surface area contributed by atoms with Crippen LogP contribution in [0.15, 0.2) is 28.0 Å². The summed E-state index contributed by atoms with van der Waals surface area (Å²) >= 11 is 0. The van der Waals surface area contributed by atoms with Crippen molar-refractivity contribution in [1.82, 2.24) is 0 Å². The van der Waals surface area contributed by atoms with Crippen LogP contribution in [0.25, 0.3) is 0 Å². The van der Waals surface area contributed by atoms with Crippen LogP contribution < -0.4 is 5.73 Å². The molecule has 2 rings (SSSR count). The summed E-state index contributed by atoms with van der Waals surface area (Å²) in [6.45, 7) is 0.652. The largest absolute Gasteiger partial charge is 0.472 e. The highest BCUT2D eigenvalue weighted by atomic mass is 16.3. The number of rotatable bonds is 3. The molecule has 1 fully saturated rings. The molecule has 0 bridgehead atoms. The lowest BCUT2D eigenvalue weighted by Crippen LogP contribution is -2.21. The second-order valence-corrected chi connectivity index (χ2v) is 3.85. The summed E-state index contributed by atoms with van der Waals surface area (Å²) in [6.07, 6.45) is 8.39. The van der Waals surface area contributed by atoms with E-state index in [1.165, 1.54) is 25.7 Å². The van der Waals surface area contributed by atoms with E-state index in [9.17, 15) is 0 Å². The van der Waals surface area contributed by atoms with Crippen LogP contribution in [0.2, 0.25) is 0 Å². The van der Waals surface area contributed by atoms with E-state index < -0.39 is 0 Å². The van der Waals surface area contributed by atoms with E-state index in [0.717, 1.165) is 11.4 Å². The fourth-order valence-electron chi connectivity index (χ4n) is 1.92. The van der Waals surface area contributed by atoms with Gasteiger partial charge in [0.05, 0.1) is 24.9 Å². The van der Waals surface area contributed by atoms with Crippen molar-refractivity contribution < 1.29 is 4.42 Å². The van der Waals surface area contributed by atoms with Crippen molar-refractivity contribution in [2.24, 2.45) is 16.6 Å². The summed E-state index contributed by atoms with van der Waals surface area (Å²) in [6, 6.07) is 1.92. The summed E-state index contributed by atoms with van der Waals surface area (Å²) in [4.78, 5) is 4.38. The zero-order valence-corrected chi connectivity index (χ0v) is 8.28. The van der Waals surface area contributed by atoms with Gasteiger partial charge in [-0.15, -0.1) is 0 Å².